The van der Waals surface area contributed by atoms with E-state index in [0.717, 1.165) is 6.42 Å². The third-order valence-corrected chi connectivity index (χ3v) is 4.10. The van der Waals surface area contributed by atoms with E-state index >= 15 is 0 Å². The van der Waals surface area contributed by atoms with Gasteiger partial charge < -0.3 is 10.1 Å². The highest BCUT2D eigenvalue weighted by Crippen LogP contribution is 2.25. The Hall–Kier alpha value is -0.860. The highest BCUT2D eigenvalue weighted by Gasteiger charge is 2.25. The van der Waals surface area contributed by atoms with Gasteiger partial charge in [0.2, 0.25) is 0 Å². The molecule has 1 saturated carbocycles. The molecule has 0 spiro atoms. The predicted octanol–water partition coefficient (Wildman–Crippen LogP) is 3.52. The van der Waals surface area contributed by atoms with Gasteiger partial charge in [-0.2, -0.15) is 0 Å². The Morgan fingerprint density at radius 2 is 2.06 bits per heavy atom. The summed E-state index contributed by atoms with van der Waals surface area (Å²) >= 11 is 0. The first kappa shape index (κ1) is 13.6. The Bertz CT molecular complexity index is 402. The van der Waals surface area contributed by atoms with E-state index in [1.165, 1.54) is 29.5 Å². The number of methoxy groups -OCH3 is 1. The largest absolute Gasteiger partial charge is 0.381 e. The second-order valence-corrected chi connectivity index (χ2v) is 5.62. The van der Waals surface area contributed by atoms with Crippen molar-refractivity contribution in [1.82, 2.24) is 5.32 Å². The molecule has 1 aromatic rings. The Morgan fingerprint density at radius 3 is 2.72 bits per heavy atom. The average molecular weight is 247 g/mol. The van der Waals surface area contributed by atoms with Gasteiger partial charge in [0.15, 0.2) is 0 Å². The van der Waals surface area contributed by atoms with Gasteiger partial charge >= 0.3 is 0 Å². The van der Waals surface area contributed by atoms with Crippen molar-refractivity contribution in [2.24, 2.45) is 0 Å². The monoisotopic (exact) mass is 247 g/mol. The third kappa shape index (κ3) is 3.12. The molecule has 2 rings (SSSR count). The maximum absolute atomic E-state index is 5.43. The van der Waals surface area contributed by atoms with Crippen LogP contribution in [0.15, 0.2) is 18.2 Å². The van der Waals surface area contributed by atoms with Gasteiger partial charge in [0.25, 0.3) is 0 Å². The van der Waals surface area contributed by atoms with Crippen LogP contribution >= 0.6 is 0 Å². The fourth-order valence-corrected chi connectivity index (χ4v) is 2.98. The smallest absolute Gasteiger partial charge is 0.0586 e. The number of ether oxygens (including phenoxy) is 1. The van der Waals surface area contributed by atoms with Crippen molar-refractivity contribution in [2.45, 2.75) is 58.2 Å². The molecule has 3 unspecified atom stereocenters. The van der Waals surface area contributed by atoms with Crippen LogP contribution in [0.5, 0.6) is 0 Å². The summed E-state index contributed by atoms with van der Waals surface area (Å²) in [5.41, 5.74) is 4.14. The molecule has 3 atom stereocenters. The van der Waals surface area contributed by atoms with Crippen LogP contribution in [0, 0.1) is 13.8 Å². The van der Waals surface area contributed by atoms with E-state index in [0.29, 0.717) is 18.2 Å². The number of rotatable bonds is 4. The van der Waals surface area contributed by atoms with E-state index in [1.54, 1.807) is 0 Å². The molecule has 18 heavy (non-hydrogen) atoms. The molecule has 0 heterocycles. The quantitative estimate of drug-likeness (QED) is 0.879. The SMILES string of the molecule is COC1CCC(NC(C)c2cc(C)ccc2C)C1. The zero-order valence-corrected chi connectivity index (χ0v) is 12.0. The molecule has 1 N–H and O–H groups in total. The predicted molar refractivity (Wildman–Crippen MR) is 75.9 cm³/mol. The summed E-state index contributed by atoms with van der Waals surface area (Å²) in [7, 11) is 1.82. The van der Waals surface area contributed by atoms with Crippen LogP contribution in [0.2, 0.25) is 0 Å². The number of nitrogens with one attached hydrogen (secondary N) is 1. The Morgan fingerprint density at radius 1 is 1.28 bits per heavy atom. The normalized spacial score (nSPS) is 25.3. The van der Waals surface area contributed by atoms with Crippen LogP contribution < -0.4 is 5.32 Å². The molecule has 0 bridgehead atoms. The van der Waals surface area contributed by atoms with Crippen LogP contribution in [0.1, 0.15) is 48.9 Å². The first-order valence-corrected chi connectivity index (χ1v) is 6.96. The minimum absolute atomic E-state index is 0.422. The Kier molecular flexibility index (Phi) is 4.41. The molecule has 0 aromatic heterocycles. The molecule has 0 radical (unpaired) electrons. The van der Waals surface area contributed by atoms with E-state index in [-0.39, 0.29) is 0 Å². The number of aryl methyl sites for hydroxylation is 2. The van der Waals surface area contributed by atoms with Crippen LogP contribution in [0.25, 0.3) is 0 Å². The van der Waals surface area contributed by atoms with E-state index < -0.39 is 0 Å². The van der Waals surface area contributed by atoms with E-state index in [4.69, 9.17) is 4.74 Å². The van der Waals surface area contributed by atoms with Gasteiger partial charge in [-0.25, -0.2) is 0 Å². The Balaban J connectivity index is 1.99. The molecule has 2 nitrogen and oxygen atoms in total. The molecule has 1 aliphatic rings. The van der Waals surface area contributed by atoms with Crippen molar-refractivity contribution >= 4 is 0 Å². The Labute approximate surface area is 111 Å². The van der Waals surface area contributed by atoms with Crippen LogP contribution in [0.3, 0.4) is 0 Å². The number of hydrogen-bond acceptors (Lipinski definition) is 2. The van der Waals surface area contributed by atoms with Gasteiger partial charge in [0.05, 0.1) is 6.10 Å². The lowest BCUT2D eigenvalue weighted by molar-refractivity contribution is 0.106. The topological polar surface area (TPSA) is 21.3 Å². The van der Waals surface area contributed by atoms with Crippen molar-refractivity contribution < 1.29 is 4.74 Å². The second-order valence-electron chi connectivity index (χ2n) is 5.62. The van der Waals surface area contributed by atoms with Crippen molar-refractivity contribution in [3.8, 4) is 0 Å². The molecule has 0 amide bonds. The lowest BCUT2D eigenvalue weighted by Crippen LogP contribution is -2.30. The minimum Gasteiger partial charge on any atom is -0.381 e. The number of benzene rings is 1. The lowest BCUT2D eigenvalue weighted by Gasteiger charge is -2.22. The van der Waals surface area contributed by atoms with Gasteiger partial charge in [-0.05, 0) is 51.2 Å². The number of hydrogen-bond donors (Lipinski definition) is 1. The van der Waals surface area contributed by atoms with E-state index in [1.807, 2.05) is 7.11 Å². The maximum atomic E-state index is 5.43. The van der Waals surface area contributed by atoms with Gasteiger partial charge in [0.1, 0.15) is 0 Å². The molecule has 1 fully saturated rings. The summed E-state index contributed by atoms with van der Waals surface area (Å²) < 4.78 is 5.43. The third-order valence-electron chi connectivity index (χ3n) is 4.10. The van der Waals surface area contributed by atoms with E-state index in [2.05, 4.69) is 44.3 Å². The minimum atomic E-state index is 0.422. The summed E-state index contributed by atoms with van der Waals surface area (Å²) in [6.45, 7) is 6.62. The first-order chi connectivity index (χ1) is 8.60. The lowest BCUT2D eigenvalue weighted by atomic mass is 9.99. The summed E-state index contributed by atoms with van der Waals surface area (Å²) in [6.07, 6.45) is 4.01. The summed E-state index contributed by atoms with van der Waals surface area (Å²) in [4.78, 5) is 0. The van der Waals surface area contributed by atoms with Gasteiger partial charge in [0, 0.05) is 19.2 Å². The maximum Gasteiger partial charge on any atom is 0.0586 e. The summed E-state index contributed by atoms with van der Waals surface area (Å²) in [6, 6.07) is 7.73. The van der Waals surface area contributed by atoms with Crippen LogP contribution in [-0.4, -0.2) is 19.3 Å². The van der Waals surface area contributed by atoms with Gasteiger partial charge in [-0.15, -0.1) is 0 Å². The van der Waals surface area contributed by atoms with Crippen LogP contribution in [-0.2, 0) is 4.74 Å². The highest BCUT2D eigenvalue weighted by atomic mass is 16.5. The molecule has 0 aliphatic heterocycles. The first-order valence-electron chi connectivity index (χ1n) is 6.96. The van der Waals surface area contributed by atoms with Crippen molar-refractivity contribution in [1.29, 1.82) is 0 Å². The highest BCUT2D eigenvalue weighted by molar-refractivity contribution is 5.32. The van der Waals surface area contributed by atoms with Gasteiger partial charge in [-0.1, -0.05) is 23.8 Å². The molecule has 1 aliphatic carbocycles. The molecule has 2 heteroatoms. The standard InChI is InChI=1S/C16H25NO/c1-11-5-6-12(2)16(9-11)13(3)17-14-7-8-15(10-14)18-4/h5-6,9,13-15,17H,7-8,10H2,1-4H3. The van der Waals surface area contributed by atoms with Crippen molar-refractivity contribution in [3.05, 3.63) is 34.9 Å². The average Bonchev–Trinajstić information content (AvgIpc) is 2.80. The zero-order valence-electron chi connectivity index (χ0n) is 12.0. The molecular formula is C16H25NO. The second kappa shape index (κ2) is 5.85. The molecular weight excluding hydrogens is 222 g/mol. The van der Waals surface area contributed by atoms with Gasteiger partial charge in [-0.3, -0.25) is 0 Å². The van der Waals surface area contributed by atoms with Crippen molar-refractivity contribution in [2.75, 3.05) is 7.11 Å². The summed E-state index contributed by atoms with van der Waals surface area (Å²) in [5, 5.41) is 3.75. The zero-order chi connectivity index (χ0) is 13.1. The molecule has 100 valence electrons. The fourth-order valence-electron chi connectivity index (χ4n) is 2.98. The molecule has 1 aromatic carbocycles. The van der Waals surface area contributed by atoms with Crippen molar-refractivity contribution in [3.63, 3.8) is 0 Å². The molecule has 0 saturated heterocycles. The van der Waals surface area contributed by atoms with E-state index in [9.17, 15) is 0 Å². The van der Waals surface area contributed by atoms with Crippen LogP contribution in [0.4, 0.5) is 0 Å². The summed E-state index contributed by atoms with van der Waals surface area (Å²) in [5.74, 6) is 0. The fraction of sp³-hybridized carbons (Fsp3) is 0.625.